The molecule has 0 radical (unpaired) electrons. The molecule has 2 aromatic rings. The van der Waals surface area contributed by atoms with Crippen LogP contribution in [0.4, 0.5) is 4.39 Å². The molecule has 0 aliphatic carbocycles. The third kappa shape index (κ3) is 3.91. The van der Waals surface area contributed by atoms with E-state index in [2.05, 4.69) is 0 Å². The van der Waals surface area contributed by atoms with Gasteiger partial charge in [0.2, 0.25) is 5.91 Å². The minimum atomic E-state index is -0.394. The number of benzene rings is 2. The molecule has 0 fully saturated rings. The second kappa shape index (κ2) is 7.39. The lowest BCUT2D eigenvalue weighted by Gasteiger charge is -2.26. The molecule has 0 saturated heterocycles. The summed E-state index contributed by atoms with van der Waals surface area (Å²) in [5.74, 6) is -1.27. The largest absolute Gasteiger partial charge is 0.508 e. The van der Waals surface area contributed by atoms with E-state index in [1.165, 1.54) is 47.4 Å². The van der Waals surface area contributed by atoms with Crippen LogP contribution >= 0.6 is 0 Å². The van der Waals surface area contributed by atoms with E-state index in [0.717, 1.165) is 0 Å². The van der Waals surface area contributed by atoms with Crippen LogP contribution in [0.3, 0.4) is 0 Å². The highest BCUT2D eigenvalue weighted by atomic mass is 19.1. The fraction of sp³-hybridized carbons (Fsp3) is 0.200. The van der Waals surface area contributed by atoms with Gasteiger partial charge >= 0.3 is 0 Å². The van der Waals surface area contributed by atoms with Gasteiger partial charge in [-0.05, 0) is 36.8 Å². The Bertz CT molecular complexity index is 861. The standard InChI is InChI=1S/C20H18FNO4/c21-16-4-1-13(2-5-16)20(26)14-7-9-22(10-8-14)19(25)11-15-3-6-17(23)12-18(15)24/h1-7,9,12,14,23-24H,8,10-11H2. The molecule has 1 aliphatic rings. The molecular formula is C20H18FNO4. The highest BCUT2D eigenvalue weighted by Gasteiger charge is 2.24. The molecule has 26 heavy (non-hydrogen) atoms. The molecule has 0 bridgehead atoms. The van der Waals surface area contributed by atoms with Gasteiger partial charge in [0.15, 0.2) is 5.78 Å². The van der Waals surface area contributed by atoms with Crippen LogP contribution in [0.1, 0.15) is 22.3 Å². The van der Waals surface area contributed by atoms with Gasteiger partial charge in [0.1, 0.15) is 17.3 Å². The van der Waals surface area contributed by atoms with Crippen LogP contribution in [0.15, 0.2) is 54.7 Å². The zero-order valence-corrected chi connectivity index (χ0v) is 13.9. The first-order valence-corrected chi connectivity index (χ1v) is 8.22. The number of phenolic OH excluding ortho intramolecular Hbond substituents is 2. The van der Waals surface area contributed by atoms with Gasteiger partial charge in [-0.25, -0.2) is 4.39 Å². The molecule has 1 atom stereocenters. The van der Waals surface area contributed by atoms with Crippen LogP contribution < -0.4 is 0 Å². The van der Waals surface area contributed by atoms with Gasteiger partial charge in [0.25, 0.3) is 0 Å². The Hall–Kier alpha value is -3.15. The summed E-state index contributed by atoms with van der Waals surface area (Å²) in [5.41, 5.74) is 0.862. The van der Waals surface area contributed by atoms with Crippen molar-refractivity contribution in [2.24, 2.45) is 5.92 Å². The Morgan fingerprint density at radius 3 is 2.46 bits per heavy atom. The second-order valence-electron chi connectivity index (χ2n) is 6.18. The maximum Gasteiger partial charge on any atom is 0.231 e. The van der Waals surface area contributed by atoms with E-state index in [-0.39, 0.29) is 35.5 Å². The van der Waals surface area contributed by atoms with Crippen molar-refractivity contribution in [1.82, 2.24) is 4.90 Å². The Balaban J connectivity index is 1.64. The van der Waals surface area contributed by atoms with E-state index in [0.29, 0.717) is 24.1 Å². The molecular weight excluding hydrogens is 337 g/mol. The summed E-state index contributed by atoms with van der Waals surface area (Å²) < 4.78 is 13.0. The first-order valence-electron chi connectivity index (χ1n) is 8.22. The molecule has 1 unspecified atom stereocenters. The molecule has 1 amide bonds. The topological polar surface area (TPSA) is 77.8 Å². The van der Waals surface area contributed by atoms with Crippen LogP contribution in [0.5, 0.6) is 11.5 Å². The van der Waals surface area contributed by atoms with Crippen LogP contribution in [-0.4, -0.2) is 33.3 Å². The molecule has 0 spiro atoms. The van der Waals surface area contributed by atoms with E-state index in [9.17, 15) is 24.2 Å². The van der Waals surface area contributed by atoms with Crippen molar-refractivity contribution in [3.05, 3.63) is 71.7 Å². The minimum absolute atomic E-state index is 0.00692. The number of allylic oxidation sites excluding steroid dienone is 1. The van der Waals surface area contributed by atoms with E-state index < -0.39 is 5.82 Å². The normalized spacial score (nSPS) is 16.5. The van der Waals surface area contributed by atoms with Crippen LogP contribution in [0, 0.1) is 11.7 Å². The van der Waals surface area contributed by atoms with E-state index in [1.807, 2.05) is 0 Å². The SMILES string of the molecule is O=C(c1ccc(F)cc1)C1C=CN(C(=O)Cc2ccc(O)cc2O)CC1. The number of halogens is 1. The zero-order chi connectivity index (χ0) is 18.7. The van der Waals surface area contributed by atoms with Crippen molar-refractivity contribution in [2.75, 3.05) is 6.54 Å². The Morgan fingerprint density at radius 1 is 1.12 bits per heavy atom. The maximum atomic E-state index is 13.0. The van der Waals surface area contributed by atoms with Gasteiger partial charge in [-0.1, -0.05) is 12.1 Å². The van der Waals surface area contributed by atoms with Gasteiger partial charge in [-0.15, -0.1) is 0 Å². The number of Topliss-reactive ketones (excluding diaryl/α,β-unsaturated/α-hetero) is 1. The lowest BCUT2D eigenvalue weighted by atomic mass is 9.92. The third-order valence-corrected chi connectivity index (χ3v) is 4.38. The summed E-state index contributed by atoms with van der Waals surface area (Å²) in [6, 6.07) is 9.50. The monoisotopic (exact) mass is 355 g/mol. The van der Waals surface area contributed by atoms with Crippen LogP contribution in [0.25, 0.3) is 0 Å². The number of carbonyl (C=O) groups excluding carboxylic acids is 2. The van der Waals surface area contributed by atoms with Crippen molar-refractivity contribution in [3.8, 4) is 11.5 Å². The number of phenols is 2. The number of rotatable bonds is 4. The summed E-state index contributed by atoms with van der Waals surface area (Å²) >= 11 is 0. The van der Waals surface area contributed by atoms with Crippen molar-refractivity contribution >= 4 is 11.7 Å². The molecule has 2 aromatic carbocycles. The molecule has 2 N–H and O–H groups in total. The number of nitrogens with zero attached hydrogens (tertiary/aromatic N) is 1. The van der Waals surface area contributed by atoms with Gasteiger partial charge in [0, 0.05) is 35.9 Å². The molecule has 5 nitrogen and oxygen atoms in total. The number of aromatic hydroxyl groups is 2. The van der Waals surface area contributed by atoms with Gasteiger partial charge < -0.3 is 15.1 Å². The van der Waals surface area contributed by atoms with Crippen molar-refractivity contribution < 1.29 is 24.2 Å². The minimum Gasteiger partial charge on any atom is -0.508 e. The number of hydrogen-bond donors (Lipinski definition) is 2. The van der Waals surface area contributed by atoms with Crippen molar-refractivity contribution in [3.63, 3.8) is 0 Å². The van der Waals surface area contributed by atoms with Crippen molar-refractivity contribution in [1.29, 1.82) is 0 Å². The molecule has 134 valence electrons. The maximum absolute atomic E-state index is 13.0. The first-order chi connectivity index (χ1) is 12.4. The second-order valence-corrected chi connectivity index (χ2v) is 6.18. The number of carbonyl (C=O) groups is 2. The Morgan fingerprint density at radius 2 is 1.85 bits per heavy atom. The quantitative estimate of drug-likeness (QED) is 0.827. The fourth-order valence-corrected chi connectivity index (χ4v) is 2.88. The summed E-state index contributed by atoms with van der Waals surface area (Å²) in [6.45, 7) is 0.381. The Labute approximate surface area is 150 Å². The van der Waals surface area contributed by atoms with Gasteiger partial charge in [0.05, 0.1) is 6.42 Å². The molecule has 0 saturated carbocycles. The average molecular weight is 355 g/mol. The number of ketones is 1. The molecule has 0 aromatic heterocycles. The number of hydrogen-bond acceptors (Lipinski definition) is 4. The summed E-state index contributed by atoms with van der Waals surface area (Å²) in [5, 5.41) is 19.1. The smallest absolute Gasteiger partial charge is 0.231 e. The highest BCUT2D eigenvalue weighted by molar-refractivity contribution is 5.99. The third-order valence-electron chi connectivity index (χ3n) is 4.38. The van der Waals surface area contributed by atoms with Gasteiger partial charge in [-0.3, -0.25) is 9.59 Å². The van der Waals surface area contributed by atoms with E-state index >= 15 is 0 Å². The van der Waals surface area contributed by atoms with Crippen LogP contribution in [0.2, 0.25) is 0 Å². The average Bonchev–Trinajstić information content (AvgIpc) is 2.64. The fourth-order valence-electron chi connectivity index (χ4n) is 2.88. The highest BCUT2D eigenvalue weighted by Crippen LogP contribution is 2.25. The zero-order valence-electron chi connectivity index (χ0n) is 13.9. The first kappa shape index (κ1) is 17.7. The lowest BCUT2D eigenvalue weighted by molar-refractivity contribution is -0.128. The van der Waals surface area contributed by atoms with Crippen molar-refractivity contribution in [2.45, 2.75) is 12.8 Å². The van der Waals surface area contributed by atoms with Crippen LogP contribution in [-0.2, 0) is 11.2 Å². The summed E-state index contributed by atoms with van der Waals surface area (Å²) in [6.07, 6.45) is 3.71. The predicted octanol–water partition coefficient (Wildman–Crippen LogP) is 3.02. The van der Waals surface area contributed by atoms with E-state index in [1.54, 1.807) is 12.3 Å². The molecule has 3 rings (SSSR count). The number of amides is 1. The summed E-state index contributed by atoms with van der Waals surface area (Å²) in [7, 11) is 0. The molecule has 6 heteroatoms. The summed E-state index contributed by atoms with van der Waals surface area (Å²) in [4.78, 5) is 26.3. The Kier molecular flexibility index (Phi) is 5.02. The van der Waals surface area contributed by atoms with Gasteiger partial charge in [-0.2, -0.15) is 0 Å². The van der Waals surface area contributed by atoms with E-state index in [4.69, 9.17) is 0 Å². The predicted molar refractivity (Wildman–Crippen MR) is 93.2 cm³/mol. The lowest BCUT2D eigenvalue weighted by Crippen LogP contribution is -2.33. The molecule has 1 aliphatic heterocycles. The molecule has 1 heterocycles.